The molecule has 4 nitrogen and oxygen atoms in total. The minimum atomic E-state index is 0.0972. The Labute approximate surface area is 145 Å². The maximum absolute atomic E-state index is 12.6. The van der Waals surface area contributed by atoms with Crippen LogP contribution in [0.15, 0.2) is 18.2 Å². The summed E-state index contributed by atoms with van der Waals surface area (Å²) in [6.07, 6.45) is 4.28. The van der Waals surface area contributed by atoms with Crippen LogP contribution in [0.25, 0.3) is 0 Å². The number of aryl methyl sites for hydroxylation is 1. The summed E-state index contributed by atoms with van der Waals surface area (Å²) in [5.74, 6) is 0.192. The van der Waals surface area contributed by atoms with Gasteiger partial charge in [-0.3, -0.25) is 4.79 Å². The maximum Gasteiger partial charge on any atom is 0.176 e. The number of hydrogen-bond donors (Lipinski definition) is 3. The van der Waals surface area contributed by atoms with Gasteiger partial charge >= 0.3 is 0 Å². The lowest BCUT2D eigenvalue weighted by Crippen LogP contribution is -2.61. The van der Waals surface area contributed by atoms with E-state index in [1.165, 1.54) is 11.3 Å². The van der Waals surface area contributed by atoms with E-state index < -0.39 is 0 Å². The molecule has 1 aromatic rings. The van der Waals surface area contributed by atoms with Crippen molar-refractivity contribution < 1.29 is 4.79 Å². The van der Waals surface area contributed by atoms with Crippen LogP contribution in [0.1, 0.15) is 62.9 Å². The van der Waals surface area contributed by atoms with Gasteiger partial charge in [0.2, 0.25) is 0 Å². The first-order chi connectivity index (χ1) is 11.2. The van der Waals surface area contributed by atoms with Gasteiger partial charge in [-0.15, -0.1) is 0 Å². The number of hydrogen-bond acceptors (Lipinski definition) is 4. The van der Waals surface area contributed by atoms with Crippen molar-refractivity contribution in [1.82, 2.24) is 10.6 Å². The predicted octanol–water partition coefficient (Wildman–Crippen LogP) is 3.13. The Hall–Kier alpha value is -1.39. The lowest BCUT2D eigenvalue weighted by molar-refractivity contribution is 0.0963. The Morgan fingerprint density at radius 1 is 1.21 bits per heavy atom. The predicted molar refractivity (Wildman–Crippen MR) is 99.9 cm³/mol. The number of ketones is 1. The van der Waals surface area contributed by atoms with E-state index in [1.54, 1.807) is 0 Å². The van der Waals surface area contributed by atoms with Crippen LogP contribution in [0.3, 0.4) is 0 Å². The number of fused-ring (bicyclic) bond motifs is 1. The molecule has 0 bridgehead atoms. The van der Waals surface area contributed by atoms with Crippen LogP contribution in [0.5, 0.6) is 0 Å². The third-order valence-corrected chi connectivity index (χ3v) is 5.11. The van der Waals surface area contributed by atoms with Crippen molar-refractivity contribution in [2.45, 2.75) is 70.5 Å². The highest BCUT2D eigenvalue weighted by molar-refractivity contribution is 5.98. The average Bonchev–Trinajstić information content (AvgIpc) is 2.49. The molecule has 2 aliphatic rings. The second-order valence-electron chi connectivity index (χ2n) is 8.70. The van der Waals surface area contributed by atoms with Crippen LogP contribution >= 0.6 is 0 Å². The summed E-state index contributed by atoms with van der Waals surface area (Å²) in [5, 5.41) is 10.6. The molecular formula is C20H31N3O. The molecule has 0 amide bonds. The highest BCUT2D eigenvalue weighted by Gasteiger charge is 2.37. The van der Waals surface area contributed by atoms with Crippen LogP contribution in [0, 0.1) is 0 Å². The lowest BCUT2D eigenvalue weighted by atomic mass is 9.79. The molecule has 0 unspecified atom stereocenters. The van der Waals surface area contributed by atoms with Gasteiger partial charge in [0.1, 0.15) is 0 Å². The topological polar surface area (TPSA) is 53.2 Å². The first-order valence-corrected chi connectivity index (χ1v) is 9.17. The fourth-order valence-electron chi connectivity index (χ4n) is 4.45. The van der Waals surface area contributed by atoms with Gasteiger partial charge in [-0.05, 0) is 77.1 Å². The van der Waals surface area contributed by atoms with Crippen molar-refractivity contribution >= 4 is 11.5 Å². The molecule has 3 N–H and O–H groups in total. The minimum absolute atomic E-state index is 0.0972. The number of nitrogens with one attached hydrogen (secondary N) is 3. The van der Waals surface area contributed by atoms with Gasteiger partial charge in [-0.2, -0.15) is 0 Å². The van der Waals surface area contributed by atoms with Crippen LogP contribution in [0.4, 0.5) is 5.69 Å². The van der Waals surface area contributed by atoms with Crippen molar-refractivity contribution in [3.8, 4) is 0 Å². The Bertz CT molecular complexity index is 605. The van der Waals surface area contributed by atoms with Crippen molar-refractivity contribution in [2.75, 3.05) is 18.4 Å². The van der Waals surface area contributed by atoms with E-state index in [4.69, 9.17) is 0 Å². The van der Waals surface area contributed by atoms with Crippen LogP contribution in [-0.4, -0.2) is 36.0 Å². The molecule has 2 aliphatic heterocycles. The average molecular weight is 329 g/mol. The monoisotopic (exact) mass is 329 g/mol. The quantitative estimate of drug-likeness (QED) is 0.743. The Kier molecular flexibility index (Phi) is 4.71. The van der Waals surface area contributed by atoms with Crippen molar-refractivity contribution in [1.29, 1.82) is 0 Å². The normalized spacial score (nSPS) is 22.5. The number of piperidine rings is 1. The van der Waals surface area contributed by atoms with E-state index in [2.05, 4.69) is 55.8 Å². The van der Waals surface area contributed by atoms with Gasteiger partial charge in [0.25, 0.3) is 0 Å². The summed E-state index contributed by atoms with van der Waals surface area (Å²) >= 11 is 0. The third kappa shape index (κ3) is 4.17. The van der Waals surface area contributed by atoms with E-state index in [-0.39, 0.29) is 16.9 Å². The van der Waals surface area contributed by atoms with Crippen LogP contribution in [-0.2, 0) is 6.42 Å². The van der Waals surface area contributed by atoms with E-state index in [9.17, 15) is 4.79 Å². The molecule has 1 fully saturated rings. The first-order valence-electron chi connectivity index (χ1n) is 9.17. The maximum atomic E-state index is 12.6. The number of benzene rings is 1. The standard InChI is InChI=1S/C20H31N3O/c1-19(2)11-16(12-20(3,4)23-19)22-13-18(24)15-7-8-17-14(10-15)6-5-9-21-17/h7-8,10,16,21-23H,5-6,9,11-13H2,1-4H3. The SMILES string of the molecule is CC1(C)CC(NCC(=O)c2ccc3c(c2)CCCN3)CC(C)(C)N1. The van der Waals surface area contributed by atoms with Crippen molar-refractivity contribution in [3.05, 3.63) is 29.3 Å². The van der Waals surface area contributed by atoms with Gasteiger partial charge in [-0.25, -0.2) is 0 Å². The summed E-state index contributed by atoms with van der Waals surface area (Å²) in [4.78, 5) is 12.6. The molecule has 0 aliphatic carbocycles. The largest absolute Gasteiger partial charge is 0.385 e. The van der Waals surface area contributed by atoms with E-state index in [1.807, 2.05) is 6.07 Å². The lowest BCUT2D eigenvalue weighted by Gasteiger charge is -2.46. The molecule has 1 aromatic carbocycles. The van der Waals surface area contributed by atoms with Gasteiger partial charge < -0.3 is 16.0 Å². The highest BCUT2D eigenvalue weighted by atomic mass is 16.1. The molecule has 0 aromatic heterocycles. The van der Waals surface area contributed by atoms with Crippen LogP contribution in [0.2, 0.25) is 0 Å². The molecule has 1 saturated heterocycles. The summed E-state index contributed by atoms with van der Waals surface area (Å²) in [6, 6.07) is 6.46. The molecule has 3 rings (SSSR count). The summed E-state index contributed by atoms with van der Waals surface area (Å²) in [6.45, 7) is 10.4. The molecule has 132 valence electrons. The fraction of sp³-hybridized carbons (Fsp3) is 0.650. The molecule has 0 radical (unpaired) electrons. The van der Waals surface area contributed by atoms with Gasteiger partial charge in [0.15, 0.2) is 5.78 Å². The second-order valence-corrected chi connectivity index (χ2v) is 8.70. The van der Waals surface area contributed by atoms with E-state index >= 15 is 0 Å². The molecule has 24 heavy (non-hydrogen) atoms. The van der Waals surface area contributed by atoms with E-state index in [0.717, 1.165) is 37.8 Å². The molecular weight excluding hydrogens is 298 g/mol. The zero-order chi connectivity index (χ0) is 17.4. The summed E-state index contributed by atoms with van der Waals surface area (Å²) < 4.78 is 0. The zero-order valence-corrected chi connectivity index (χ0v) is 15.5. The Balaban J connectivity index is 1.61. The summed E-state index contributed by atoms with van der Waals surface area (Å²) in [5.41, 5.74) is 3.49. The van der Waals surface area contributed by atoms with Crippen LogP contribution < -0.4 is 16.0 Å². The number of anilines is 1. The Morgan fingerprint density at radius 3 is 2.62 bits per heavy atom. The second kappa shape index (κ2) is 6.49. The molecule has 0 saturated carbocycles. The number of Topliss-reactive ketones (excluding diaryl/α,β-unsaturated/α-hetero) is 1. The van der Waals surface area contributed by atoms with Gasteiger partial charge in [0.05, 0.1) is 6.54 Å². The molecule has 0 atom stereocenters. The fourth-order valence-corrected chi connectivity index (χ4v) is 4.45. The molecule has 2 heterocycles. The summed E-state index contributed by atoms with van der Waals surface area (Å²) in [7, 11) is 0. The Morgan fingerprint density at radius 2 is 1.92 bits per heavy atom. The number of rotatable bonds is 4. The third-order valence-electron chi connectivity index (χ3n) is 5.11. The van der Waals surface area contributed by atoms with Crippen molar-refractivity contribution in [3.63, 3.8) is 0 Å². The van der Waals surface area contributed by atoms with E-state index in [0.29, 0.717) is 12.6 Å². The number of carbonyl (C=O) groups excluding carboxylic acids is 1. The molecule has 4 heteroatoms. The van der Waals surface area contributed by atoms with Gasteiger partial charge in [0, 0.05) is 34.9 Å². The smallest absolute Gasteiger partial charge is 0.176 e. The number of carbonyl (C=O) groups is 1. The van der Waals surface area contributed by atoms with Crippen molar-refractivity contribution in [2.24, 2.45) is 0 Å². The van der Waals surface area contributed by atoms with Gasteiger partial charge in [-0.1, -0.05) is 0 Å². The first kappa shape index (κ1) is 17.4. The zero-order valence-electron chi connectivity index (χ0n) is 15.5. The molecule has 0 spiro atoms. The highest BCUT2D eigenvalue weighted by Crippen LogP contribution is 2.28. The minimum Gasteiger partial charge on any atom is -0.385 e.